The maximum atomic E-state index is 10.3. The first-order valence-corrected chi connectivity index (χ1v) is 8.73. The molecule has 0 aliphatic carbocycles. The smallest absolute Gasteiger partial charge is 0.120 e. The molecule has 0 saturated heterocycles. The molecule has 3 rings (SSSR count). The predicted octanol–water partition coefficient (Wildman–Crippen LogP) is 4.31. The Bertz CT molecular complexity index is 772. The van der Waals surface area contributed by atoms with E-state index in [1.807, 2.05) is 24.3 Å². The van der Waals surface area contributed by atoms with Crippen molar-refractivity contribution in [1.82, 2.24) is 10.6 Å². The molecule has 1 aliphatic heterocycles. The molecule has 5 heteroatoms. The van der Waals surface area contributed by atoms with Gasteiger partial charge in [-0.3, -0.25) is 5.32 Å². The Kier molecular flexibility index (Phi) is 5.21. The summed E-state index contributed by atoms with van der Waals surface area (Å²) >= 11 is 6.13. The van der Waals surface area contributed by atoms with E-state index in [1.165, 1.54) is 0 Å². The first-order chi connectivity index (χ1) is 12.0. The van der Waals surface area contributed by atoms with Crippen LogP contribution in [0.2, 0.25) is 5.02 Å². The van der Waals surface area contributed by atoms with Gasteiger partial charge in [0.2, 0.25) is 0 Å². The highest BCUT2D eigenvalue weighted by molar-refractivity contribution is 6.30. The quantitative estimate of drug-likeness (QED) is 0.762. The van der Waals surface area contributed by atoms with Crippen LogP contribution in [0.25, 0.3) is 5.70 Å². The van der Waals surface area contributed by atoms with Gasteiger partial charge >= 0.3 is 0 Å². The number of hydrogen-bond donors (Lipinski definition) is 3. The summed E-state index contributed by atoms with van der Waals surface area (Å²) in [6, 6.07) is 12.9. The van der Waals surface area contributed by atoms with Crippen molar-refractivity contribution >= 4 is 17.3 Å². The number of halogens is 1. The van der Waals surface area contributed by atoms with Crippen molar-refractivity contribution in [1.29, 1.82) is 0 Å². The van der Waals surface area contributed by atoms with Crippen molar-refractivity contribution in [2.24, 2.45) is 5.92 Å². The molecule has 0 aromatic heterocycles. The molecule has 0 bridgehead atoms. The van der Waals surface area contributed by atoms with Gasteiger partial charge in [0.1, 0.15) is 11.5 Å². The molecule has 0 radical (unpaired) electrons. The van der Waals surface area contributed by atoms with Gasteiger partial charge in [-0.2, -0.15) is 0 Å². The topological polar surface area (TPSA) is 53.5 Å². The van der Waals surface area contributed by atoms with Crippen LogP contribution < -0.4 is 15.4 Å². The zero-order valence-electron chi connectivity index (χ0n) is 14.6. The third-order valence-electron chi connectivity index (χ3n) is 4.40. The molecule has 0 fully saturated rings. The number of phenolic OH excluding ortho intramolecular Hbond substituents is 1. The predicted molar refractivity (Wildman–Crippen MR) is 102 cm³/mol. The molecular weight excluding hydrogens is 336 g/mol. The van der Waals surface area contributed by atoms with E-state index in [4.69, 9.17) is 16.3 Å². The Morgan fingerprint density at radius 3 is 2.48 bits per heavy atom. The molecule has 0 amide bonds. The van der Waals surface area contributed by atoms with E-state index in [0.717, 1.165) is 22.6 Å². The fourth-order valence-electron chi connectivity index (χ4n) is 2.93. The minimum absolute atomic E-state index is 0.0745. The number of hydrogen-bond acceptors (Lipinski definition) is 4. The van der Waals surface area contributed by atoms with E-state index in [1.54, 1.807) is 25.3 Å². The lowest BCUT2D eigenvalue weighted by atomic mass is 9.97. The minimum Gasteiger partial charge on any atom is -0.508 e. The monoisotopic (exact) mass is 358 g/mol. The molecule has 1 aliphatic rings. The van der Waals surface area contributed by atoms with Gasteiger partial charge in [0.05, 0.1) is 19.3 Å². The summed E-state index contributed by atoms with van der Waals surface area (Å²) in [5.74, 6) is 1.42. The highest BCUT2D eigenvalue weighted by Gasteiger charge is 2.26. The zero-order chi connectivity index (χ0) is 18.0. The summed E-state index contributed by atoms with van der Waals surface area (Å²) in [5, 5.41) is 17.9. The molecule has 132 valence electrons. The van der Waals surface area contributed by atoms with E-state index in [0.29, 0.717) is 10.9 Å². The summed E-state index contributed by atoms with van der Waals surface area (Å²) in [4.78, 5) is 0. The summed E-state index contributed by atoms with van der Waals surface area (Å²) in [5.41, 5.74) is 2.86. The molecule has 2 aromatic rings. The Balaban J connectivity index is 2.00. The summed E-state index contributed by atoms with van der Waals surface area (Å²) in [7, 11) is 1.66. The Morgan fingerprint density at radius 2 is 1.84 bits per heavy atom. The van der Waals surface area contributed by atoms with Gasteiger partial charge in [-0.25, -0.2) is 0 Å². The van der Waals surface area contributed by atoms with E-state index in [9.17, 15) is 5.11 Å². The van der Waals surface area contributed by atoms with Gasteiger partial charge in [-0.1, -0.05) is 25.4 Å². The average molecular weight is 359 g/mol. The molecule has 2 unspecified atom stereocenters. The Labute approximate surface area is 153 Å². The molecule has 3 N–H and O–H groups in total. The average Bonchev–Trinajstić information content (AvgIpc) is 2.63. The van der Waals surface area contributed by atoms with Gasteiger partial charge < -0.3 is 15.2 Å². The van der Waals surface area contributed by atoms with Crippen molar-refractivity contribution in [2.75, 3.05) is 7.11 Å². The summed E-state index contributed by atoms with van der Waals surface area (Å²) < 4.78 is 5.24. The normalized spacial score (nSPS) is 20.1. The van der Waals surface area contributed by atoms with E-state index in [-0.39, 0.29) is 18.0 Å². The molecule has 2 atom stereocenters. The number of benzene rings is 2. The van der Waals surface area contributed by atoms with Crippen LogP contribution in [0.3, 0.4) is 0 Å². The zero-order valence-corrected chi connectivity index (χ0v) is 15.3. The lowest BCUT2D eigenvalue weighted by molar-refractivity contribution is 0.335. The van der Waals surface area contributed by atoms with Crippen LogP contribution in [0, 0.1) is 5.92 Å². The van der Waals surface area contributed by atoms with Gasteiger partial charge in [0.25, 0.3) is 0 Å². The van der Waals surface area contributed by atoms with E-state index < -0.39 is 0 Å². The molecule has 2 aromatic carbocycles. The van der Waals surface area contributed by atoms with Gasteiger partial charge in [0.15, 0.2) is 0 Å². The first-order valence-electron chi connectivity index (χ1n) is 8.35. The van der Waals surface area contributed by atoms with Crippen LogP contribution in [0.4, 0.5) is 0 Å². The minimum atomic E-state index is -0.135. The Morgan fingerprint density at radius 1 is 1.12 bits per heavy atom. The molecule has 4 nitrogen and oxygen atoms in total. The highest BCUT2D eigenvalue weighted by Crippen LogP contribution is 2.33. The lowest BCUT2D eigenvalue weighted by Crippen LogP contribution is -2.49. The lowest BCUT2D eigenvalue weighted by Gasteiger charge is -2.35. The third kappa shape index (κ3) is 3.91. The van der Waals surface area contributed by atoms with Crippen LogP contribution >= 0.6 is 11.6 Å². The summed E-state index contributed by atoms with van der Waals surface area (Å²) in [6.45, 7) is 4.30. The standard InChI is InChI=1S/C20H23ClN2O2/c1-12(2)20-22-17(13-4-7-15(25-3)8-5-13)11-18(23-20)16-10-14(21)6-9-19(16)24/h4-12,18,20,22-24H,1-3H3. The van der Waals surface area contributed by atoms with Crippen molar-refractivity contribution in [3.05, 3.63) is 64.7 Å². The van der Waals surface area contributed by atoms with E-state index >= 15 is 0 Å². The number of ether oxygens (including phenoxy) is 1. The Hall–Kier alpha value is -2.17. The maximum Gasteiger partial charge on any atom is 0.120 e. The maximum absolute atomic E-state index is 10.3. The molecular formula is C20H23ClN2O2. The fraction of sp³-hybridized carbons (Fsp3) is 0.300. The molecule has 0 spiro atoms. The third-order valence-corrected chi connectivity index (χ3v) is 4.63. The van der Waals surface area contributed by atoms with Crippen LogP contribution in [0.5, 0.6) is 11.5 Å². The van der Waals surface area contributed by atoms with Crippen molar-refractivity contribution in [3.8, 4) is 11.5 Å². The van der Waals surface area contributed by atoms with Crippen LogP contribution in [-0.4, -0.2) is 18.4 Å². The van der Waals surface area contributed by atoms with Crippen molar-refractivity contribution in [3.63, 3.8) is 0 Å². The van der Waals surface area contributed by atoms with Crippen molar-refractivity contribution < 1.29 is 9.84 Å². The van der Waals surface area contributed by atoms with Crippen LogP contribution in [0.1, 0.15) is 31.0 Å². The number of rotatable bonds is 4. The van der Waals surface area contributed by atoms with E-state index in [2.05, 4.69) is 30.6 Å². The highest BCUT2D eigenvalue weighted by atomic mass is 35.5. The van der Waals surface area contributed by atoms with Crippen LogP contribution in [-0.2, 0) is 0 Å². The van der Waals surface area contributed by atoms with Gasteiger partial charge in [0, 0.05) is 16.3 Å². The number of phenols is 1. The second-order valence-corrected chi connectivity index (χ2v) is 6.96. The molecule has 1 heterocycles. The second kappa shape index (κ2) is 7.38. The largest absolute Gasteiger partial charge is 0.508 e. The number of nitrogens with one attached hydrogen (secondary N) is 2. The summed E-state index contributed by atoms with van der Waals surface area (Å²) in [6.07, 6.45) is 2.15. The first kappa shape index (κ1) is 17.6. The molecule has 25 heavy (non-hydrogen) atoms. The second-order valence-electron chi connectivity index (χ2n) is 6.52. The van der Waals surface area contributed by atoms with Gasteiger partial charge in [-0.05, 0) is 60.0 Å². The SMILES string of the molecule is COc1ccc(C2=CC(c3cc(Cl)ccc3O)NC(C(C)C)N2)cc1. The van der Waals surface area contributed by atoms with Crippen LogP contribution in [0.15, 0.2) is 48.5 Å². The number of aromatic hydroxyl groups is 1. The number of methoxy groups -OCH3 is 1. The fourth-order valence-corrected chi connectivity index (χ4v) is 3.11. The van der Waals surface area contributed by atoms with Crippen molar-refractivity contribution in [2.45, 2.75) is 26.1 Å². The molecule has 0 saturated carbocycles. The van der Waals surface area contributed by atoms with Gasteiger partial charge in [-0.15, -0.1) is 0 Å².